The van der Waals surface area contributed by atoms with Crippen LogP contribution in [0.25, 0.3) is 17.2 Å². The van der Waals surface area contributed by atoms with Gasteiger partial charge in [0.1, 0.15) is 0 Å². The van der Waals surface area contributed by atoms with Gasteiger partial charge >= 0.3 is 0 Å². The summed E-state index contributed by atoms with van der Waals surface area (Å²) in [7, 11) is 0. The number of rotatable bonds is 5. The van der Waals surface area contributed by atoms with Crippen molar-refractivity contribution >= 4 is 6.08 Å². The van der Waals surface area contributed by atoms with E-state index in [2.05, 4.69) is 70.3 Å². The second-order valence-electron chi connectivity index (χ2n) is 11.3. The van der Waals surface area contributed by atoms with Gasteiger partial charge in [0.25, 0.3) is 0 Å². The highest BCUT2D eigenvalue weighted by molar-refractivity contribution is 5.80. The normalized spacial score (nSPS) is 23.2. The average molecular weight is 437 g/mol. The molecule has 0 saturated heterocycles. The van der Waals surface area contributed by atoms with Crippen molar-refractivity contribution in [2.24, 2.45) is 17.8 Å². The van der Waals surface area contributed by atoms with Crippen LogP contribution < -0.4 is 0 Å². The summed E-state index contributed by atoms with van der Waals surface area (Å²) in [5.74, 6) is 2.15. The van der Waals surface area contributed by atoms with Crippen molar-refractivity contribution in [1.82, 2.24) is 0 Å². The van der Waals surface area contributed by atoms with Crippen LogP contribution in [0.2, 0.25) is 0 Å². The van der Waals surface area contributed by atoms with Crippen LogP contribution in [0, 0.1) is 31.6 Å². The van der Waals surface area contributed by atoms with Crippen molar-refractivity contribution in [3.8, 4) is 11.1 Å². The van der Waals surface area contributed by atoms with Gasteiger partial charge in [-0.3, -0.25) is 0 Å². The molecule has 0 aromatic heterocycles. The first kappa shape index (κ1) is 22.5. The maximum Gasteiger partial charge on any atom is 0.00392 e. The molecule has 0 nitrogen and oxygen atoms in total. The van der Waals surface area contributed by atoms with E-state index in [4.69, 9.17) is 0 Å². The maximum atomic E-state index is 4.35. The summed E-state index contributed by atoms with van der Waals surface area (Å²) < 4.78 is 0. The fourth-order valence-electron chi connectivity index (χ4n) is 6.80. The number of fused-ring (bicyclic) bond motifs is 1. The van der Waals surface area contributed by atoms with Crippen LogP contribution >= 0.6 is 0 Å². The topological polar surface area (TPSA) is 0 Å². The smallest absolute Gasteiger partial charge is 0.00392 e. The molecule has 0 spiro atoms. The van der Waals surface area contributed by atoms with E-state index in [0.717, 1.165) is 37.5 Å². The van der Waals surface area contributed by atoms with E-state index in [0.29, 0.717) is 5.92 Å². The van der Waals surface area contributed by atoms with Gasteiger partial charge in [-0.05, 0) is 97.6 Å². The molecular weight excluding hydrogens is 396 g/mol. The van der Waals surface area contributed by atoms with Gasteiger partial charge < -0.3 is 0 Å². The molecule has 0 aliphatic heterocycles. The second-order valence-corrected chi connectivity index (χ2v) is 11.3. The molecule has 172 valence electrons. The van der Waals surface area contributed by atoms with Crippen LogP contribution in [-0.2, 0) is 12.8 Å². The number of benzene rings is 2. The zero-order valence-corrected chi connectivity index (χ0v) is 21.0. The molecule has 0 heterocycles. The van der Waals surface area contributed by atoms with Crippen LogP contribution in [0.3, 0.4) is 0 Å². The third-order valence-electron chi connectivity index (χ3n) is 8.86. The fraction of sp³-hybridized carbons (Fsp3) is 0.455. The van der Waals surface area contributed by atoms with Crippen molar-refractivity contribution in [3.05, 3.63) is 88.0 Å². The van der Waals surface area contributed by atoms with Crippen LogP contribution in [-0.4, -0.2) is 0 Å². The molecule has 0 N–H and O–H groups in total. The Morgan fingerprint density at radius 3 is 2.42 bits per heavy atom. The Kier molecular flexibility index (Phi) is 6.21. The Labute approximate surface area is 201 Å². The predicted molar refractivity (Wildman–Crippen MR) is 143 cm³/mol. The quantitative estimate of drug-likeness (QED) is 0.410. The van der Waals surface area contributed by atoms with Gasteiger partial charge in [0.15, 0.2) is 0 Å². The lowest BCUT2D eigenvalue weighted by Crippen LogP contribution is -2.19. The van der Waals surface area contributed by atoms with Crippen LogP contribution in [0.4, 0.5) is 0 Å². The summed E-state index contributed by atoms with van der Waals surface area (Å²) in [6, 6.07) is 11.8. The fourth-order valence-corrected chi connectivity index (χ4v) is 6.80. The van der Waals surface area contributed by atoms with Gasteiger partial charge in [-0.2, -0.15) is 0 Å². The van der Waals surface area contributed by atoms with E-state index < -0.39 is 0 Å². The maximum absolute atomic E-state index is 4.35. The number of hydrogen-bond donors (Lipinski definition) is 0. The minimum absolute atomic E-state index is 0.485. The first-order valence-corrected chi connectivity index (χ1v) is 13.2. The molecule has 3 aliphatic carbocycles. The molecule has 2 unspecified atom stereocenters. The van der Waals surface area contributed by atoms with E-state index >= 15 is 0 Å². The summed E-state index contributed by atoms with van der Waals surface area (Å²) in [6.07, 6.45) is 13.7. The van der Waals surface area contributed by atoms with Crippen LogP contribution in [0.15, 0.2) is 60.2 Å². The average Bonchev–Trinajstić information content (AvgIpc) is 3.34. The minimum atomic E-state index is 0.485. The molecule has 0 radical (unpaired) electrons. The summed E-state index contributed by atoms with van der Waals surface area (Å²) in [6.45, 7) is 15.8. The molecule has 2 aromatic rings. The molecule has 5 rings (SSSR count). The highest BCUT2D eigenvalue weighted by Crippen LogP contribution is 2.44. The molecule has 0 heteroatoms. The zero-order chi connectivity index (χ0) is 23.1. The van der Waals surface area contributed by atoms with Crippen molar-refractivity contribution in [2.75, 3.05) is 0 Å². The Morgan fingerprint density at radius 1 is 0.909 bits per heavy atom. The molecule has 3 aliphatic rings. The van der Waals surface area contributed by atoms with E-state index in [1.54, 1.807) is 11.1 Å². The van der Waals surface area contributed by atoms with Gasteiger partial charge in [0.05, 0.1) is 0 Å². The van der Waals surface area contributed by atoms with Gasteiger partial charge in [-0.1, -0.05) is 98.0 Å². The molecule has 2 atom stereocenters. The predicted octanol–water partition coefficient (Wildman–Crippen LogP) is 9.19. The zero-order valence-electron chi connectivity index (χ0n) is 21.0. The van der Waals surface area contributed by atoms with Gasteiger partial charge in [0.2, 0.25) is 0 Å². The third kappa shape index (κ3) is 4.42. The molecule has 33 heavy (non-hydrogen) atoms. The van der Waals surface area contributed by atoms with Crippen molar-refractivity contribution < 1.29 is 0 Å². The van der Waals surface area contributed by atoms with Crippen molar-refractivity contribution in [2.45, 2.75) is 78.6 Å². The van der Waals surface area contributed by atoms with Crippen LogP contribution in [0.5, 0.6) is 0 Å². The lowest BCUT2D eigenvalue weighted by molar-refractivity contribution is 0.254. The summed E-state index contributed by atoms with van der Waals surface area (Å²) in [4.78, 5) is 0. The standard InChI is InChI=1S/C33H40/c1-21-15-25(5)31(20-27-10-7-6-9-22(27)2)33(16-21)29-12-8-11-28-17-26(19-32(28)29)18-30-23(3)13-14-24(30)4/h8,11-12,15-17,22,27,30H,3-4,6-7,9-10,13-14,18-20H2,1-2,5H3. The number of aryl methyl sites for hydroxylation is 2. The summed E-state index contributed by atoms with van der Waals surface area (Å²) in [5.41, 5.74) is 14.7. The Morgan fingerprint density at radius 2 is 1.67 bits per heavy atom. The van der Waals surface area contributed by atoms with E-state index in [-0.39, 0.29) is 0 Å². The molecular formula is C33H40. The monoisotopic (exact) mass is 436 g/mol. The highest BCUT2D eigenvalue weighted by atomic mass is 14.3. The SMILES string of the molecule is C=C1CCC(=C)C1CC1=Cc2cccc(-c3cc(C)cc(C)c3CC3CCCCC3C)c2C1. The molecule has 2 aromatic carbocycles. The second kappa shape index (κ2) is 9.13. The molecule has 0 amide bonds. The first-order valence-electron chi connectivity index (χ1n) is 13.2. The van der Waals surface area contributed by atoms with Crippen molar-refractivity contribution in [3.63, 3.8) is 0 Å². The Balaban J connectivity index is 1.47. The molecule has 2 saturated carbocycles. The van der Waals surface area contributed by atoms with Gasteiger partial charge in [-0.25, -0.2) is 0 Å². The Bertz CT molecular complexity index is 1110. The summed E-state index contributed by atoms with van der Waals surface area (Å²) >= 11 is 0. The molecule has 2 fully saturated rings. The van der Waals surface area contributed by atoms with E-state index in [1.807, 2.05) is 0 Å². The van der Waals surface area contributed by atoms with E-state index in [9.17, 15) is 0 Å². The largest absolute Gasteiger partial charge is 0.0992 e. The Hall–Kier alpha value is -2.34. The number of hydrogen-bond acceptors (Lipinski definition) is 0. The number of allylic oxidation sites excluding steroid dienone is 3. The minimum Gasteiger partial charge on any atom is -0.0992 e. The first-order chi connectivity index (χ1) is 15.9. The molecule has 0 bridgehead atoms. The van der Waals surface area contributed by atoms with Gasteiger partial charge in [-0.15, -0.1) is 0 Å². The van der Waals surface area contributed by atoms with Crippen LogP contribution in [0.1, 0.15) is 79.7 Å². The lowest BCUT2D eigenvalue weighted by atomic mass is 9.75. The summed E-state index contributed by atoms with van der Waals surface area (Å²) in [5, 5.41) is 0. The van der Waals surface area contributed by atoms with E-state index in [1.165, 1.54) is 76.6 Å². The van der Waals surface area contributed by atoms with Crippen molar-refractivity contribution in [1.29, 1.82) is 0 Å². The van der Waals surface area contributed by atoms with Gasteiger partial charge in [0, 0.05) is 5.92 Å². The lowest BCUT2D eigenvalue weighted by Gasteiger charge is -2.30. The highest BCUT2D eigenvalue weighted by Gasteiger charge is 2.28. The third-order valence-corrected chi connectivity index (χ3v) is 8.86.